The van der Waals surface area contributed by atoms with E-state index in [9.17, 15) is 0 Å². The zero-order valence-electron chi connectivity index (χ0n) is 27.9. The molecule has 0 unspecified atom stereocenters. The van der Waals surface area contributed by atoms with E-state index in [4.69, 9.17) is 0 Å². The summed E-state index contributed by atoms with van der Waals surface area (Å²) in [5.74, 6) is 0. The summed E-state index contributed by atoms with van der Waals surface area (Å²) in [5.41, 5.74) is 13.6. The van der Waals surface area contributed by atoms with E-state index in [1.54, 1.807) is 0 Å². The maximum atomic E-state index is 3.75. The highest BCUT2D eigenvalue weighted by Crippen LogP contribution is 2.41. The molecule has 0 bridgehead atoms. The van der Waals surface area contributed by atoms with Gasteiger partial charge in [-0.15, -0.1) is 11.3 Å². The number of hydrogen-bond donors (Lipinski definition) is 2. The van der Waals surface area contributed by atoms with Crippen molar-refractivity contribution in [3.05, 3.63) is 194 Å². The van der Waals surface area contributed by atoms with Crippen LogP contribution in [0.3, 0.4) is 0 Å². The Hall–Kier alpha value is -6.42. The fraction of sp³-hybridized carbons (Fsp3) is 0. The van der Waals surface area contributed by atoms with Crippen LogP contribution in [0.2, 0.25) is 0 Å². The predicted molar refractivity (Wildman–Crippen MR) is 221 cm³/mol. The Balaban J connectivity index is 1.14. The lowest BCUT2D eigenvalue weighted by Crippen LogP contribution is -1.96. The Morgan fingerprint density at radius 1 is 0.294 bits per heavy atom. The number of benzene rings is 8. The summed E-state index contributed by atoms with van der Waals surface area (Å²) in [5, 5.41) is 10.1. The SMILES string of the molecule is c1ccc(Nc2ccc(-c3ccc(Nc4cccc(-c5ccccc5)c4)c(-c4ccccc4)c3)cc2-c2ccc3sc4ccccc4c3c2)cc1. The lowest BCUT2D eigenvalue weighted by molar-refractivity contribution is 1.51. The second-order valence-electron chi connectivity index (χ2n) is 12.8. The number of nitrogens with one attached hydrogen (secondary N) is 2. The van der Waals surface area contributed by atoms with Gasteiger partial charge in [-0.25, -0.2) is 0 Å². The van der Waals surface area contributed by atoms with Gasteiger partial charge in [-0.3, -0.25) is 0 Å². The molecule has 8 aromatic carbocycles. The van der Waals surface area contributed by atoms with Gasteiger partial charge < -0.3 is 10.6 Å². The van der Waals surface area contributed by atoms with Gasteiger partial charge in [-0.1, -0.05) is 127 Å². The molecule has 0 atom stereocenters. The van der Waals surface area contributed by atoms with Crippen LogP contribution in [0.5, 0.6) is 0 Å². The molecule has 51 heavy (non-hydrogen) atoms. The minimum atomic E-state index is 1.05. The first-order chi connectivity index (χ1) is 25.2. The third-order valence-corrected chi connectivity index (χ3v) is 10.6. The molecule has 0 aliphatic heterocycles. The highest BCUT2D eigenvalue weighted by Gasteiger charge is 2.14. The molecule has 0 fully saturated rings. The molecule has 2 nitrogen and oxygen atoms in total. The van der Waals surface area contributed by atoms with E-state index in [0.717, 1.165) is 45.0 Å². The molecule has 0 aliphatic carbocycles. The average Bonchev–Trinajstić information content (AvgIpc) is 3.57. The quantitative estimate of drug-likeness (QED) is 0.168. The van der Waals surface area contributed by atoms with Crippen molar-refractivity contribution in [2.24, 2.45) is 0 Å². The van der Waals surface area contributed by atoms with Crippen LogP contribution in [0.15, 0.2) is 194 Å². The third kappa shape index (κ3) is 6.27. The fourth-order valence-electron chi connectivity index (χ4n) is 6.89. The maximum absolute atomic E-state index is 3.75. The van der Waals surface area contributed by atoms with Crippen molar-refractivity contribution in [3.8, 4) is 44.5 Å². The van der Waals surface area contributed by atoms with E-state index >= 15 is 0 Å². The van der Waals surface area contributed by atoms with Gasteiger partial charge in [0.1, 0.15) is 0 Å². The van der Waals surface area contributed by atoms with Crippen LogP contribution in [-0.2, 0) is 0 Å². The summed E-state index contributed by atoms with van der Waals surface area (Å²) in [6.07, 6.45) is 0. The zero-order chi connectivity index (χ0) is 34.0. The number of hydrogen-bond acceptors (Lipinski definition) is 3. The predicted octanol–water partition coefficient (Wildman–Crippen LogP) is 14.2. The van der Waals surface area contributed by atoms with Gasteiger partial charge in [0.25, 0.3) is 0 Å². The van der Waals surface area contributed by atoms with Gasteiger partial charge in [0.2, 0.25) is 0 Å². The van der Waals surface area contributed by atoms with Gasteiger partial charge in [0, 0.05) is 54.0 Å². The second kappa shape index (κ2) is 13.5. The van der Waals surface area contributed by atoms with E-state index in [2.05, 4.69) is 199 Å². The Morgan fingerprint density at radius 2 is 0.804 bits per heavy atom. The largest absolute Gasteiger partial charge is 0.355 e. The van der Waals surface area contributed by atoms with Gasteiger partial charge in [0.15, 0.2) is 0 Å². The van der Waals surface area contributed by atoms with Crippen molar-refractivity contribution in [1.82, 2.24) is 0 Å². The van der Waals surface area contributed by atoms with E-state index in [-0.39, 0.29) is 0 Å². The fourth-order valence-corrected chi connectivity index (χ4v) is 7.98. The van der Waals surface area contributed by atoms with E-state index in [1.165, 1.54) is 42.4 Å². The molecule has 0 amide bonds. The van der Waals surface area contributed by atoms with Crippen LogP contribution < -0.4 is 10.6 Å². The van der Waals surface area contributed by atoms with Gasteiger partial charge in [0.05, 0.1) is 0 Å². The second-order valence-corrected chi connectivity index (χ2v) is 13.8. The summed E-state index contributed by atoms with van der Waals surface area (Å²) in [6, 6.07) is 69.3. The lowest BCUT2D eigenvalue weighted by Gasteiger charge is -2.17. The molecule has 0 spiro atoms. The minimum absolute atomic E-state index is 1.05. The molecule has 2 N–H and O–H groups in total. The van der Waals surface area contributed by atoms with Crippen LogP contribution in [0.1, 0.15) is 0 Å². The van der Waals surface area contributed by atoms with E-state index in [1.807, 2.05) is 17.4 Å². The zero-order valence-corrected chi connectivity index (χ0v) is 28.7. The highest BCUT2D eigenvalue weighted by molar-refractivity contribution is 7.25. The summed E-state index contributed by atoms with van der Waals surface area (Å²) < 4.78 is 2.62. The van der Waals surface area contributed by atoms with Crippen LogP contribution in [-0.4, -0.2) is 0 Å². The summed E-state index contributed by atoms with van der Waals surface area (Å²) in [6.45, 7) is 0. The van der Waals surface area contributed by atoms with Crippen molar-refractivity contribution < 1.29 is 0 Å². The summed E-state index contributed by atoms with van der Waals surface area (Å²) >= 11 is 1.85. The van der Waals surface area contributed by atoms with Crippen LogP contribution in [0.25, 0.3) is 64.7 Å². The topological polar surface area (TPSA) is 24.1 Å². The summed E-state index contributed by atoms with van der Waals surface area (Å²) in [7, 11) is 0. The van der Waals surface area contributed by atoms with Gasteiger partial charge in [-0.2, -0.15) is 0 Å². The first-order valence-electron chi connectivity index (χ1n) is 17.3. The van der Waals surface area contributed by atoms with Crippen molar-refractivity contribution in [2.75, 3.05) is 10.6 Å². The first-order valence-corrected chi connectivity index (χ1v) is 18.1. The van der Waals surface area contributed by atoms with Crippen LogP contribution in [0.4, 0.5) is 22.7 Å². The maximum Gasteiger partial charge on any atom is 0.0464 e. The molecule has 242 valence electrons. The number of rotatable bonds is 8. The molecule has 0 saturated carbocycles. The molecule has 0 aliphatic rings. The average molecular weight is 671 g/mol. The number of thiophene rings is 1. The van der Waals surface area contributed by atoms with Gasteiger partial charge in [-0.05, 0) is 100 Å². The molecular weight excluding hydrogens is 637 g/mol. The Morgan fingerprint density at radius 3 is 1.53 bits per heavy atom. The highest BCUT2D eigenvalue weighted by atomic mass is 32.1. The molecule has 1 heterocycles. The monoisotopic (exact) mass is 670 g/mol. The summed E-state index contributed by atoms with van der Waals surface area (Å²) in [4.78, 5) is 0. The minimum Gasteiger partial charge on any atom is -0.355 e. The Labute approximate surface area is 302 Å². The molecule has 0 saturated heterocycles. The molecule has 9 rings (SSSR count). The van der Waals surface area contributed by atoms with Crippen molar-refractivity contribution in [1.29, 1.82) is 0 Å². The van der Waals surface area contributed by atoms with Crippen LogP contribution >= 0.6 is 11.3 Å². The number of fused-ring (bicyclic) bond motifs is 3. The normalized spacial score (nSPS) is 11.1. The van der Waals surface area contributed by atoms with Crippen molar-refractivity contribution >= 4 is 54.3 Å². The molecule has 1 aromatic heterocycles. The molecule has 9 aromatic rings. The third-order valence-electron chi connectivity index (χ3n) is 9.45. The van der Waals surface area contributed by atoms with E-state index < -0.39 is 0 Å². The Kier molecular flexibility index (Phi) is 8.09. The Bertz CT molecular complexity index is 2630. The number of anilines is 4. The molecular formula is C48H34N2S. The van der Waals surface area contributed by atoms with Crippen molar-refractivity contribution in [2.45, 2.75) is 0 Å². The smallest absolute Gasteiger partial charge is 0.0464 e. The van der Waals surface area contributed by atoms with Crippen LogP contribution in [0, 0.1) is 0 Å². The molecule has 0 radical (unpaired) electrons. The number of para-hydroxylation sites is 1. The van der Waals surface area contributed by atoms with E-state index in [0.29, 0.717) is 0 Å². The standard InChI is InChI=1S/C48H34N2S/c1-4-13-33(14-5-1)35-17-12-20-40(29-35)50-45-26-23-36(30-42(45)34-15-6-2-7-16-34)37-24-27-46(49-39-18-8-3-9-19-39)43(31-37)38-25-28-48-44(32-38)41-21-10-11-22-47(41)51-48/h1-32,49-50H. The lowest BCUT2D eigenvalue weighted by atomic mass is 9.93. The van der Waals surface area contributed by atoms with Crippen molar-refractivity contribution in [3.63, 3.8) is 0 Å². The first kappa shape index (κ1) is 30.6. The van der Waals surface area contributed by atoms with Gasteiger partial charge >= 0.3 is 0 Å². The molecule has 3 heteroatoms.